The molecule has 0 bridgehead atoms. The van der Waals surface area contributed by atoms with Gasteiger partial charge in [-0.05, 0) is 19.1 Å². The van der Waals surface area contributed by atoms with Crippen molar-refractivity contribution in [3.05, 3.63) is 62.2 Å². The highest BCUT2D eigenvalue weighted by Crippen LogP contribution is 2.32. The van der Waals surface area contributed by atoms with Crippen LogP contribution in [0.1, 0.15) is 26.3 Å². The predicted molar refractivity (Wildman–Crippen MR) is 95.1 cm³/mol. The van der Waals surface area contributed by atoms with Gasteiger partial charge in [0.25, 0.3) is 11.6 Å². The monoisotopic (exact) mass is 378 g/mol. The van der Waals surface area contributed by atoms with Gasteiger partial charge in [0.1, 0.15) is 11.3 Å². The van der Waals surface area contributed by atoms with Crippen molar-refractivity contribution in [3.8, 4) is 5.75 Å². The van der Waals surface area contributed by atoms with Crippen LogP contribution in [0.4, 0.5) is 11.4 Å². The minimum absolute atomic E-state index is 0.0844. The van der Waals surface area contributed by atoms with E-state index in [1.54, 1.807) is 6.92 Å². The molecular weight excluding hydrogens is 364 g/mol. The second-order valence-electron chi connectivity index (χ2n) is 5.24. The number of nitrogens with zero attached hydrogens (tertiary/aromatic N) is 1. The largest absolute Gasteiger partial charge is 0.496 e. The number of methoxy groups -OCH3 is 2. The molecule has 1 amide bonds. The summed E-state index contributed by atoms with van der Waals surface area (Å²) in [5.74, 6) is -1.08. The number of hydrogen-bond donors (Lipinski definition) is 1. The normalized spacial score (nSPS) is 10.2. The number of benzene rings is 2. The fraction of sp³-hybridized carbons (Fsp3) is 0.176. The number of nitrogens with one attached hydrogen (secondary N) is 1. The van der Waals surface area contributed by atoms with Crippen LogP contribution >= 0.6 is 11.6 Å². The molecule has 0 heterocycles. The molecule has 8 nitrogen and oxygen atoms in total. The second kappa shape index (κ2) is 7.83. The molecule has 2 aromatic rings. The molecule has 0 aromatic heterocycles. The number of hydrogen-bond acceptors (Lipinski definition) is 6. The average molecular weight is 379 g/mol. The van der Waals surface area contributed by atoms with Gasteiger partial charge in [0.15, 0.2) is 0 Å². The maximum absolute atomic E-state index is 12.4. The number of anilines is 1. The Morgan fingerprint density at radius 2 is 1.88 bits per heavy atom. The van der Waals surface area contributed by atoms with Crippen LogP contribution in [0.2, 0.25) is 5.02 Å². The number of aryl methyl sites for hydroxylation is 1. The first kappa shape index (κ1) is 19.2. The van der Waals surface area contributed by atoms with Gasteiger partial charge in [0, 0.05) is 23.3 Å². The molecule has 0 saturated heterocycles. The maximum Gasteiger partial charge on any atom is 0.341 e. The van der Waals surface area contributed by atoms with E-state index in [2.05, 4.69) is 10.1 Å². The van der Waals surface area contributed by atoms with Gasteiger partial charge >= 0.3 is 5.97 Å². The van der Waals surface area contributed by atoms with Crippen LogP contribution in [0.5, 0.6) is 5.75 Å². The molecule has 0 radical (unpaired) electrons. The Balaban J connectivity index is 2.36. The zero-order valence-electron chi connectivity index (χ0n) is 14.2. The minimum atomic E-state index is -0.643. The molecule has 1 N–H and O–H groups in total. The minimum Gasteiger partial charge on any atom is -0.496 e. The first-order valence-electron chi connectivity index (χ1n) is 7.30. The Morgan fingerprint density at radius 3 is 2.46 bits per heavy atom. The van der Waals surface area contributed by atoms with Gasteiger partial charge in [0.2, 0.25) is 0 Å². The summed E-state index contributed by atoms with van der Waals surface area (Å²) in [6, 6.07) is 6.80. The molecule has 0 saturated carbocycles. The number of nitro benzene ring substituents is 1. The van der Waals surface area contributed by atoms with E-state index in [9.17, 15) is 19.7 Å². The SMILES string of the molecule is COC(=O)c1cc(Cl)c(NC(=O)c2ccc(C)c([N+](=O)[O-])c2)cc1OC. The highest BCUT2D eigenvalue weighted by atomic mass is 35.5. The van der Waals surface area contributed by atoms with Crippen molar-refractivity contribution in [2.45, 2.75) is 6.92 Å². The molecule has 2 rings (SSSR count). The molecular formula is C17H15ClN2O6. The van der Waals surface area contributed by atoms with Crippen molar-refractivity contribution < 1.29 is 24.0 Å². The summed E-state index contributed by atoms with van der Waals surface area (Å²) < 4.78 is 9.76. The number of carbonyl (C=O) groups is 2. The average Bonchev–Trinajstić information content (AvgIpc) is 2.62. The standard InChI is InChI=1S/C17H15ClN2O6/c1-9-4-5-10(6-14(9)20(23)24)16(21)19-13-8-15(25-2)11(7-12(13)18)17(22)26-3/h4-8H,1-3H3,(H,19,21). The van der Waals surface area contributed by atoms with E-state index in [1.807, 2.05) is 0 Å². The Kier molecular flexibility index (Phi) is 5.78. The van der Waals surface area contributed by atoms with Gasteiger partial charge in [-0.15, -0.1) is 0 Å². The second-order valence-corrected chi connectivity index (χ2v) is 5.64. The number of esters is 1. The zero-order chi connectivity index (χ0) is 19.4. The lowest BCUT2D eigenvalue weighted by Gasteiger charge is -2.12. The van der Waals surface area contributed by atoms with E-state index < -0.39 is 16.8 Å². The van der Waals surface area contributed by atoms with E-state index >= 15 is 0 Å². The number of carbonyl (C=O) groups excluding carboxylic acids is 2. The van der Waals surface area contributed by atoms with Crippen molar-refractivity contribution in [2.75, 3.05) is 19.5 Å². The van der Waals surface area contributed by atoms with Crippen LogP contribution in [-0.4, -0.2) is 31.0 Å². The predicted octanol–water partition coefficient (Wildman–Crippen LogP) is 3.60. The first-order valence-corrected chi connectivity index (χ1v) is 7.68. The van der Waals surface area contributed by atoms with Gasteiger partial charge < -0.3 is 14.8 Å². The molecule has 0 aliphatic rings. The maximum atomic E-state index is 12.4. The van der Waals surface area contributed by atoms with Crippen molar-refractivity contribution in [3.63, 3.8) is 0 Å². The fourth-order valence-corrected chi connectivity index (χ4v) is 2.44. The number of nitro groups is 1. The summed E-state index contributed by atoms with van der Waals surface area (Å²) in [7, 11) is 2.57. The van der Waals surface area contributed by atoms with E-state index in [1.165, 1.54) is 44.6 Å². The van der Waals surface area contributed by atoms with Gasteiger partial charge in [-0.3, -0.25) is 14.9 Å². The van der Waals surface area contributed by atoms with Crippen molar-refractivity contribution >= 4 is 34.9 Å². The van der Waals surface area contributed by atoms with Gasteiger partial charge in [-0.25, -0.2) is 4.79 Å². The summed E-state index contributed by atoms with van der Waals surface area (Å²) >= 11 is 6.11. The molecule has 0 aliphatic heterocycles. The van der Waals surface area contributed by atoms with E-state index in [0.29, 0.717) is 5.56 Å². The molecule has 9 heteroatoms. The third-order valence-corrected chi connectivity index (χ3v) is 3.92. The van der Waals surface area contributed by atoms with Crippen molar-refractivity contribution in [1.82, 2.24) is 0 Å². The Hall–Kier alpha value is -3.13. The van der Waals surface area contributed by atoms with Crippen molar-refractivity contribution in [2.24, 2.45) is 0 Å². The summed E-state index contributed by atoms with van der Waals surface area (Å²) in [6.45, 7) is 1.58. The fourth-order valence-electron chi connectivity index (χ4n) is 2.23. The Bertz CT molecular complexity index is 897. The molecule has 26 heavy (non-hydrogen) atoms. The van der Waals surface area contributed by atoms with Crippen LogP contribution in [0.3, 0.4) is 0 Å². The summed E-state index contributed by atoms with van der Waals surface area (Å²) in [5, 5.41) is 13.6. The smallest absolute Gasteiger partial charge is 0.341 e. The van der Waals surface area contributed by atoms with Crippen LogP contribution < -0.4 is 10.1 Å². The zero-order valence-corrected chi connectivity index (χ0v) is 14.9. The van der Waals surface area contributed by atoms with Gasteiger partial charge in [-0.1, -0.05) is 17.7 Å². The third kappa shape index (κ3) is 3.92. The van der Waals surface area contributed by atoms with Crippen LogP contribution in [0.15, 0.2) is 30.3 Å². The summed E-state index contributed by atoms with van der Waals surface area (Å²) in [5.41, 5.74) is 0.652. The summed E-state index contributed by atoms with van der Waals surface area (Å²) in [4.78, 5) is 34.6. The first-order chi connectivity index (χ1) is 12.3. The van der Waals surface area contributed by atoms with E-state index in [4.69, 9.17) is 16.3 Å². The lowest BCUT2D eigenvalue weighted by atomic mass is 10.1. The topological polar surface area (TPSA) is 108 Å². The highest BCUT2D eigenvalue weighted by Gasteiger charge is 2.19. The lowest BCUT2D eigenvalue weighted by molar-refractivity contribution is -0.385. The molecule has 2 aromatic carbocycles. The Morgan fingerprint density at radius 1 is 1.19 bits per heavy atom. The summed E-state index contributed by atoms with van der Waals surface area (Å²) in [6.07, 6.45) is 0. The molecule has 0 fully saturated rings. The van der Waals surface area contributed by atoms with E-state index in [0.717, 1.165) is 0 Å². The molecule has 0 aliphatic carbocycles. The lowest BCUT2D eigenvalue weighted by Crippen LogP contribution is -2.13. The van der Waals surface area contributed by atoms with E-state index in [-0.39, 0.29) is 33.3 Å². The number of rotatable bonds is 5. The Labute approximate surface area is 153 Å². The molecule has 0 spiro atoms. The third-order valence-electron chi connectivity index (χ3n) is 3.61. The van der Waals surface area contributed by atoms with Crippen LogP contribution in [0, 0.1) is 17.0 Å². The number of amides is 1. The van der Waals surface area contributed by atoms with Gasteiger partial charge in [0.05, 0.1) is 29.9 Å². The van der Waals surface area contributed by atoms with Crippen molar-refractivity contribution in [1.29, 1.82) is 0 Å². The number of ether oxygens (including phenoxy) is 2. The highest BCUT2D eigenvalue weighted by molar-refractivity contribution is 6.34. The van der Waals surface area contributed by atoms with Gasteiger partial charge in [-0.2, -0.15) is 0 Å². The van der Waals surface area contributed by atoms with Crippen LogP contribution in [0.25, 0.3) is 0 Å². The molecule has 0 atom stereocenters. The molecule has 0 unspecified atom stereocenters. The van der Waals surface area contributed by atoms with Crippen LogP contribution in [-0.2, 0) is 4.74 Å². The molecule has 136 valence electrons. The quantitative estimate of drug-likeness (QED) is 0.483. The number of halogens is 1.